The third-order valence-electron chi connectivity index (χ3n) is 4.10. The van der Waals surface area contributed by atoms with Crippen LogP contribution in [0.4, 0.5) is 11.8 Å². The van der Waals surface area contributed by atoms with Gasteiger partial charge in [-0.05, 0) is 0 Å². The zero-order valence-corrected chi connectivity index (χ0v) is 14.7. The number of nitrogen functional groups attached to an aromatic ring is 2. The van der Waals surface area contributed by atoms with E-state index in [0.717, 1.165) is 0 Å². The number of aromatic nitrogens is 4. The summed E-state index contributed by atoms with van der Waals surface area (Å²) in [6, 6.07) is 0. The number of hydrogen-bond donors (Lipinski definition) is 2. The molecule has 27 heavy (non-hydrogen) atoms. The van der Waals surface area contributed by atoms with Crippen molar-refractivity contribution in [2.45, 2.75) is 38.2 Å². The molecule has 0 spiro atoms. The van der Waals surface area contributed by atoms with Crippen molar-refractivity contribution in [3.05, 3.63) is 6.33 Å². The second kappa shape index (κ2) is 6.73. The van der Waals surface area contributed by atoms with Crippen LogP contribution in [0.1, 0.15) is 26.5 Å². The SMILES string of the molecule is C#C[C@]1(COC(C)=O)O[C@@H](n2cnc3c(N)nc(N)nc32)C[C@@H]1OC(C)=O. The maximum Gasteiger partial charge on any atom is 0.303 e. The fourth-order valence-corrected chi connectivity index (χ4v) is 2.93. The molecule has 2 aromatic rings. The fraction of sp³-hybridized carbons (Fsp3) is 0.438. The molecule has 3 rings (SSSR count). The first-order chi connectivity index (χ1) is 12.8. The van der Waals surface area contributed by atoms with Crippen LogP contribution in [0, 0.1) is 12.3 Å². The number of hydrogen-bond acceptors (Lipinski definition) is 10. The Morgan fingerprint density at radius 1 is 1.41 bits per heavy atom. The monoisotopic (exact) mass is 374 g/mol. The predicted octanol–water partition coefficient (Wildman–Crippen LogP) is -0.224. The van der Waals surface area contributed by atoms with Gasteiger partial charge in [0.1, 0.15) is 24.5 Å². The van der Waals surface area contributed by atoms with Gasteiger partial charge in [-0.2, -0.15) is 9.97 Å². The summed E-state index contributed by atoms with van der Waals surface area (Å²) in [7, 11) is 0. The van der Waals surface area contributed by atoms with Gasteiger partial charge < -0.3 is 25.7 Å². The van der Waals surface area contributed by atoms with Gasteiger partial charge in [-0.1, -0.05) is 5.92 Å². The molecule has 0 amide bonds. The summed E-state index contributed by atoms with van der Waals surface area (Å²) in [5.41, 5.74) is 10.7. The lowest BCUT2D eigenvalue weighted by molar-refractivity contribution is -0.164. The molecule has 0 bridgehead atoms. The Kier molecular flexibility index (Phi) is 4.59. The van der Waals surface area contributed by atoms with E-state index >= 15 is 0 Å². The number of carbonyl (C=O) groups excluding carboxylic acids is 2. The van der Waals surface area contributed by atoms with Crippen molar-refractivity contribution < 1.29 is 23.8 Å². The highest BCUT2D eigenvalue weighted by molar-refractivity contribution is 5.82. The first-order valence-corrected chi connectivity index (χ1v) is 7.97. The summed E-state index contributed by atoms with van der Waals surface area (Å²) >= 11 is 0. The number of rotatable bonds is 4. The van der Waals surface area contributed by atoms with Gasteiger partial charge in [-0.15, -0.1) is 6.42 Å². The lowest BCUT2D eigenvalue weighted by Crippen LogP contribution is -2.45. The number of terminal acetylenes is 1. The summed E-state index contributed by atoms with van der Waals surface area (Å²) in [6.07, 6.45) is 5.72. The Balaban J connectivity index is 1.99. The first kappa shape index (κ1) is 18.4. The zero-order chi connectivity index (χ0) is 19.8. The molecule has 2 aromatic heterocycles. The van der Waals surface area contributed by atoms with Gasteiger partial charge in [-0.25, -0.2) is 4.98 Å². The lowest BCUT2D eigenvalue weighted by atomic mass is 9.98. The molecule has 0 aromatic carbocycles. The molecular weight excluding hydrogens is 356 g/mol. The fourth-order valence-electron chi connectivity index (χ4n) is 2.93. The van der Waals surface area contributed by atoms with Crippen LogP contribution in [0.2, 0.25) is 0 Å². The highest BCUT2D eigenvalue weighted by atomic mass is 16.6. The summed E-state index contributed by atoms with van der Waals surface area (Å²) in [5, 5.41) is 0. The number of carbonyl (C=O) groups is 2. The van der Waals surface area contributed by atoms with E-state index < -0.39 is 29.9 Å². The maximum absolute atomic E-state index is 11.5. The lowest BCUT2D eigenvalue weighted by Gasteiger charge is -2.28. The largest absolute Gasteiger partial charge is 0.462 e. The molecule has 4 N–H and O–H groups in total. The molecule has 0 unspecified atom stereocenters. The summed E-state index contributed by atoms with van der Waals surface area (Å²) < 4.78 is 17.9. The molecule has 1 saturated heterocycles. The third kappa shape index (κ3) is 3.34. The number of fused-ring (bicyclic) bond motifs is 1. The van der Waals surface area contributed by atoms with Gasteiger partial charge in [0.2, 0.25) is 11.5 Å². The second-order valence-electron chi connectivity index (χ2n) is 6.01. The molecule has 11 nitrogen and oxygen atoms in total. The van der Waals surface area contributed by atoms with Gasteiger partial charge in [0, 0.05) is 20.3 Å². The molecule has 1 aliphatic rings. The van der Waals surface area contributed by atoms with Crippen molar-refractivity contribution in [2.24, 2.45) is 0 Å². The predicted molar refractivity (Wildman–Crippen MR) is 92.6 cm³/mol. The number of anilines is 2. The number of ether oxygens (including phenoxy) is 3. The van der Waals surface area contributed by atoms with Crippen LogP contribution in [-0.2, 0) is 23.8 Å². The van der Waals surface area contributed by atoms with Gasteiger partial charge in [0.15, 0.2) is 11.5 Å². The molecule has 0 radical (unpaired) electrons. The topological polar surface area (TPSA) is 157 Å². The van der Waals surface area contributed by atoms with E-state index in [1.807, 2.05) is 0 Å². The minimum Gasteiger partial charge on any atom is -0.462 e. The van der Waals surface area contributed by atoms with Crippen LogP contribution in [-0.4, -0.2) is 49.8 Å². The average molecular weight is 374 g/mol. The van der Waals surface area contributed by atoms with Crippen LogP contribution in [0.3, 0.4) is 0 Å². The van der Waals surface area contributed by atoms with E-state index in [4.69, 9.17) is 32.1 Å². The molecule has 142 valence electrons. The molecular formula is C16H18N6O5. The van der Waals surface area contributed by atoms with Crippen molar-refractivity contribution in [3.8, 4) is 12.3 Å². The molecule has 3 heterocycles. The Hall–Kier alpha value is -3.39. The number of nitrogens with two attached hydrogens (primary N) is 2. The minimum absolute atomic E-state index is 0.0283. The van der Waals surface area contributed by atoms with Crippen molar-refractivity contribution in [3.63, 3.8) is 0 Å². The van der Waals surface area contributed by atoms with Gasteiger partial charge in [0.25, 0.3) is 0 Å². The van der Waals surface area contributed by atoms with Crippen molar-refractivity contribution in [1.29, 1.82) is 0 Å². The van der Waals surface area contributed by atoms with Gasteiger partial charge in [0.05, 0.1) is 6.33 Å². The van der Waals surface area contributed by atoms with E-state index in [-0.39, 0.29) is 24.8 Å². The zero-order valence-electron chi connectivity index (χ0n) is 14.7. The van der Waals surface area contributed by atoms with Crippen LogP contribution < -0.4 is 11.5 Å². The second-order valence-corrected chi connectivity index (χ2v) is 6.01. The standard InChI is InChI=1S/C16H18N6O5/c1-4-16(6-25-8(2)23)10(26-9(3)24)5-11(27-16)22-7-19-12-13(17)20-15(18)21-14(12)22/h1,7,10-11H,5-6H2,2-3H3,(H4,17,18,20,21)/t10-,11+,16+/m0/s1. The van der Waals surface area contributed by atoms with E-state index in [2.05, 4.69) is 20.9 Å². The smallest absolute Gasteiger partial charge is 0.303 e. The van der Waals surface area contributed by atoms with E-state index in [9.17, 15) is 9.59 Å². The number of nitrogens with zero attached hydrogens (tertiary/aromatic N) is 4. The molecule has 11 heteroatoms. The van der Waals surface area contributed by atoms with Crippen LogP contribution in [0.15, 0.2) is 6.33 Å². The van der Waals surface area contributed by atoms with Gasteiger partial charge in [-0.3, -0.25) is 14.2 Å². The quantitative estimate of drug-likeness (QED) is 0.541. The highest BCUT2D eigenvalue weighted by Crippen LogP contribution is 2.40. The van der Waals surface area contributed by atoms with E-state index in [1.165, 1.54) is 20.2 Å². The minimum atomic E-state index is -1.46. The molecule has 1 fully saturated rings. The van der Waals surface area contributed by atoms with Crippen LogP contribution >= 0.6 is 0 Å². The summed E-state index contributed by atoms with van der Waals surface area (Å²) in [6.45, 7) is 2.21. The molecule has 0 aliphatic carbocycles. The van der Waals surface area contributed by atoms with Crippen LogP contribution in [0.5, 0.6) is 0 Å². The summed E-state index contributed by atoms with van der Waals surface area (Å²) in [4.78, 5) is 34.9. The van der Waals surface area contributed by atoms with Crippen molar-refractivity contribution in [1.82, 2.24) is 19.5 Å². The Bertz CT molecular complexity index is 951. The van der Waals surface area contributed by atoms with Crippen molar-refractivity contribution in [2.75, 3.05) is 18.1 Å². The third-order valence-corrected chi connectivity index (χ3v) is 4.10. The molecule has 0 saturated carbocycles. The number of esters is 2. The van der Waals surface area contributed by atoms with Crippen molar-refractivity contribution >= 4 is 34.9 Å². The van der Waals surface area contributed by atoms with E-state index in [0.29, 0.717) is 11.2 Å². The number of imidazole rings is 1. The highest BCUT2D eigenvalue weighted by Gasteiger charge is 2.52. The Morgan fingerprint density at radius 3 is 2.78 bits per heavy atom. The molecule has 1 aliphatic heterocycles. The maximum atomic E-state index is 11.5. The average Bonchev–Trinajstić information content (AvgIpc) is 3.14. The Morgan fingerprint density at radius 2 is 2.15 bits per heavy atom. The van der Waals surface area contributed by atoms with Crippen LogP contribution in [0.25, 0.3) is 11.2 Å². The normalized spacial score (nSPS) is 24.5. The van der Waals surface area contributed by atoms with Gasteiger partial charge >= 0.3 is 11.9 Å². The molecule has 3 atom stereocenters. The first-order valence-electron chi connectivity index (χ1n) is 7.97. The van der Waals surface area contributed by atoms with E-state index in [1.54, 1.807) is 4.57 Å². The Labute approximate surface area is 154 Å². The summed E-state index contributed by atoms with van der Waals surface area (Å²) in [5.74, 6) is 1.46.